The second kappa shape index (κ2) is 10.5. The van der Waals surface area contributed by atoms with Crippen LogP contribution in [0, 0.1) is 0 Å². The molecule has 1 aliphatic rings. The maximum Gasteiger partial charge on any atom is 0.416 e. The third kappa shape index (κ3) is 5.69. The minimum absolute atomic E-state index is 0.0825. The van der Waals surface area contributed by atoms with Crippen molar-refractivity contribution in [2.45, 2.75) is 12.2 Å². The van der Waals surface area contributed by atoms with Gasteiger partial charge in [-0.2, -0.15) is 13.2 Å². The number of carbonyl (C=O) groups excluding carboxylic acids is 1. The highest BCUT2D eigenvalue weighted by molar-refractivity contribution is 6.32. The fraction of sp³-hybridized carbons (Fsp3) is 0.222. The van der Waals surface area contributed by atoms with Crippen LogP contribution in [0.1, 0.15) is 28.3 Å². The minimum atomic E-state index is -4.47. The Morgan fingerprint density at radius 1 is 0.853 bits per heavy atom. The highest BCUT2D eigenvalue weighted by atomic mass is 35.5. The summed E-state index contributed by atoms with van der Waals surface area (Å²) in [6.07, 6.45) is -1.83. The Hall–Kier alpha value is -3.09. The first kappa shape index (κ1) is 24.0. The number of rotatable bonds is 5. The van der Waals surface area contributed by atoms with Crippen molar-refractivity contribution in [1.82, 2.24) is 9.80 Å². The molecule has 0 bridgehead atoms. The molecule has 0 saturated carbocycles. The number of hydrogen-bond donors (Lipinski definition) is 0. The Kier molecular flexibility index (Phi) is 7.39. The van der Waals surface area contributed by atoms with Gasteiger partial charge in [-0.05, 0) is 41.0 Å². The molecule has 1 saturated heterocycles. The first-order valence-electron chi connectivity index (χ1n) is 11.0. The largest absolute Gasteiger partial charge is 0.416 e. The van der Waals surface area contributed by atoms with Crippen molar-refractivity contribution in [2.75, 3.05) is 26.2 Å². The molecule has 3 aromatic rings. The van der Waals surface area contributed by atoms with Crippen LogP contribution >= 0.6 is 11.6 Å². The summed E-state index contributed by atoms with van der Waals surface area (Å²) in [5.41, 5.74) is 1.74. The Labute approximate surface area is 202 Å². The molecule has 1 amide bonds. The van der Waals surface area contributed by atoms with Gasteiger partial charge in [0.1, 0.15) is 0 Å². The van der Waals surface area contributed by atoms with E-state index in [0.717, 1.165) is 12.1 Å². The molecule has 0 aromatic heterocycles. The van der Waals surface area contributed by atoms with Gasteiger partial charge < -0.3 is 4.90 Å². The molecule has 1 fully saturated rings. The summed E-state index contributed by atoms with van der Waals surface area (Å²) in [5.74, 6) is -0.246. The van der Waals surface area contributed by atoms with Gasteiger partial charge in [0, 0.05) is 37.3 Å². The fourth-order valence-corrected chi connectivity index (χ4v) is 4.38. The van der Waals surface area contributed by atoms with Crippen molar-refractivity contribution in [3.63, 3.8) is 0 Å². The lowest BCUT2D eigenvalue weighted by Gasteiger charge is -2.39. The summed E-state index contributed by atoms with van der Waals surface area (Å²) in [5, 5.41) is 0.162. The van der Waals surface area contributed by atoms with Crippen molar-refractivity contribution in [3.05, 3.63) is 112 Å². The molecule has 7 heteroatoms. The van der Waals surface area contributed by atoms with E-state index in [1.54, 1.807) is 4.90 Å². The Bertz CT molecular complexity index is 1100. The van der Waals surface area contributed by atoms with Crippen LogP contribution in [0.3, 0.4) is 0 Å². The molecule has 1 heterocycles. The highest BCUT2D eigenvalue weighted by Crippen LogP contribution is 2.32. The van der Waals surface area contributed by atoms with Gasteiger partial charge in [0.2, 0.25) is 5.91 Å². The van der Waals surface area contributed by atoms with E-state index in [-0.39, 0.29) is 22.5 Å². The van der Waals surface area contributed by atoms with Crippen molar-refractivity contribution in [3.8, 4) is 0 Å². The monoisotopic (exact) mass is 484 g/mol. The zero-order chi connectivity index (χ0) is 24.1. The van der Waals surface area contributed by atoms with E-state index < -0.39 is 11.7 Å². The fourth-order valence-electron chi connectivity index (χ4n) is 4.20. The quantitative estimate of drug-likeness (QED) is 0.396. The lowest BCUT2D eigenvalue weighted by molar-refractivity contribution is -0.137. The lowest BCUT2D eigenvalue weighted by atomic mass is 9.96. The van der Waals surface area contributed by atoms with Crippen molar-refractivity contribution in [1.29, 1.82) is 0 Å². The molecular formula is C27H24ClF3N2O. The van der Waals surface area contributed by atoms with Crippen LogP contribution in [0.5, 0.6) is 0 Å². The number of alkyl halides is 3. The summed E-state index contributed by atoms with van der Waals surface area (Å²) >= 11 is 6.04. The number of halogens is 4. The molecule has 4 rings (SSSR count). The third-order valence-electron chi connectivity index (χ3n) is 5.95. The summed E-state index contributed by atoms with van der Waals surface area (Å²) < 4.78 is 39.0. The van der Waals surface area contributed by atoms with Crippen LogP contribution in [0.4, 0.5) is 13.2 Å². The molecule has 1 aliphatic heterocycles. The average molecular weight is 485 g/mol. The molecule has 3 nitrogen and oxygen atoms in total. The normalized spacial score (nSPS) is 15.3. The SMILES string of the molecule is O=C(C=Cc1cc(C(F)(F)F)ccc1Cl)N1CCN(C(c2ccccc2)c2ccccc2)CC1. The Morgan fingerprint density at radius 2 is 1.41 bits per heavy atom. The molecule has 0 spiro atoms. The van der Waals surface area contributed by atoms with E-state index >= 15 is 0 Å². The summed E-state index contributed by atoms with van der Waals surface area (Å²) in [4.78, 5) is 16.8. The topological polar surface area (TPSA) is 23.6 Å². The van der Waals surface area contributed by atoms with Crippen LogP contribution in [-0.4, -0.2) is 41.9 Å². The highest BCUT2D eigenvalue weighted by Gasteiger charge is 2.31. The van der Waals surface area contributed by atoms with Crippen LogP contribution in [0.2, 0.25) is 5.02 Å². The van der Waals surface area contributed by atoms with Gasteiger partial charge in [0.15, 0.2) is 0 Å². The van der Waals surface area contributed by atoms with E-state index in [4.69, 9.17) is 11.6 Å². The summed E-state index contributed by atoms with van der Waals surface area (Å²) in [6, 6.07) is 23.7. The molecule has 3 aromatic carbocycles. The van der Waals surface area contributed by atoms with Crippen LogP contribution in [0.15, 0.2) is 84.9 Å². The second-order valence-electron chi connectivity index (χ2n) is 8.15. The van der Waals surface area contributed by atoms with Crippen LogP contribution < -0.4 is 0 Å². The standard InChI is InChI=1S/C27H24ClF3N2O/c28-24-13-12-23(27(29,30)31)19-22(24)11-14-25(34)32-15-17-33(18-16-32)26(20-7-3-1-4-8-20)21-9-5-2-6-10-21/h1-14,19,26H,15-18H2. The first-order valence-corrected chi connectivity index (χ1v) is 11.4. The van der Waals surface area contributed by atoms with Gasteiger partial charge in [-0.15, -0.1) is 0 Å². The van der Waals surface area contributed by atoms with Gasteiger partial charge in [0.25, 0.3) is 0 Å². The third-order valence-corrected chi connectivity index (χ3v) is 6.29. The lowest BCUT2D eigenvalue weighted by Crippen LogP contribution is -2.49. The van der Waals surface area contributed by atoms with Gasteiger partial charge in [-0.3, -0.25) is 9.69 Å². The maximum atomic E-state index is 13.0. The Morgan fingerprint density at radius 3 is 1.94 bits per heavy atom. The van der Waals surface area contributed by atoms with E-state index in [1.807, 2.05) is 36.4 Å². The average Bonchev–Trinajstić information content (AvgIpc) is 2.84. The number of carbonyl (C=O) groups is 1. The molecule has 0 N–H and O–H groups in total. The molecule has 34 heavy (non-hydrogen) atoms. The molecule has 0 radical (unpaired) electrons. The molecule has 0 atom stereocenters. The number of benzene rings is 3. The predicted molar refractivity (Wildman–Crippen MR) is 128 cm³/mol. The first-order chi connectivity index (χ1) is 16.3. The predicted octanol–water partition coefficient (Wildman–Crippen LogP) is 6.31. The van der Waals surface area contributed by atoms with E-state index in [1.165, 1.54) is 29.3 Å². The molecule has 176 valence electrons. The summed E-state index contributed by atoms with van der Waals surface area (Å²) in [6.45, 7) is 2.40. The van der Waals surface area contributed by atoms with E-state index in [2.05, 4.69) is 29.2 Å². The number of piperazine rings is 1. The van der Waals surface area contributed by atoms with Crippen molar-refractivity contribution in [2.24, 2.45) is 0 Å². The number of nitrogens with zero attached hydrogens (tertiary/aromatic N) is 2. The maximum absolute atomic E-state index is 13.0. The van der Waals surface area contributed by atoms with E-state index in [0.29, 0.717) is 26.2 Å². The van der Waals surface area contributed by atoms with Gasteiger partial charge >= 0.3 is 6.18 Å². The smallest absolute Gasteiger partial charge is 0.337 e. The zero-order valence-corrected chi connectivity index (χ0v) is 19.1. The van der Waals surface area contributed by atoms with Gasteiger partial charge in [0.05, 0.1) is 11.6 Å². The number of hydrogen-bond acceptors (Lipinski definition) is 2. The zero-order valence-electron chi connectivity index (χ0n) is 18.4. The molecular weight excluding hydrogens is 461 g/mol. The van der Waals surface area contributed by atoms with Gasteiger partial charge in [-0.25, -0.2) is 0 Å². The Balaban J connectivity index is 1.44. The van der Waals surface area contributed by atoms with E-state index in [9.17, 15) is 18.0 Å². The van der Waals surface area contributed by atoms with Gasteiger partial charge in [-0.1, -0.05) is 72.3 Å². The van der Waals surface area contributed by atoms with Crippen molar-refractivity contribution < 1.29 is 18.0 Å². The second-order valence-corrected chi connectivity index (χ2v) is 8.56. The summed E-state index contributed by atoms with van der Waals surface area (Å²) in [7, 11) is 0. The van der Waals surface area contributed by atoms with Crippen molar-refractivity contribution >= 4 is 23.6 Å². The molecule has 0 unspecified atom stereocenters. The van der Waals surface area contributed by atoms with Crippen LogP contribution in [-0.2, 0) is 11.0 Å². The molecule has 0 aliphatic carbocycles. The minimum Gasteiger partial charge on any atom is -0.337 e. The number of amides is 1. The van der Waals surface area contributed by atoms with Crippen LogP contribution in [0.25, 0.3) is 6.08 Å².